The number of nitrogens with zero attached hydrogens (tertiary/aromatic N) is 1. The number of unbranched alkanes of at least 4 members (excludes halogenated alkanes) is 2. The summed E-state index contributed by atoms with van der Waals surface area (Å²) in [5.74, 6) is 5.51. The molecular formula is C19H18F3NO. The van der Waals surface area contributed by atoms with Gasteiger partial charge in [0.15, 0.2) is 0 Å². The molecule has 0 aliphatic carbocycles. The average Bonchev–Trinajstić information content (AvgIpc) is 2.54. The normalized spacial score (nSPS) is 10.8. The van der Waals surface area contributed by atoms with Crippen molar-refractivity contribution >= 4 is 0 Å². The number of halogens is 3. The molecule has 0 aliphatic rings. The van der Waals surface area contributed by atoms with Gasteiger partial charge in [-0.3, -0.25) is 0 Å². The number of aryl methyl sites for hydroxylation is 1. The molecule has 2 nitrogen and oxygen atoms in total. The van der Waals surface area contributed by atoms with Crippen LogP contribution in [0.5, 0.6) is 5.75 Å². The average molecular weight is 333 g/mol. The van der Waals surface area contributed by atoms with Gasteiger partial charge in [-0.05, 0) is 54.7 Å². The van der Waals surface area contributed by atoms with Crippen LogP contribution in [-0.4, -0.2) is 11.3 Å². The highest BCUT2D eigenvalue weighted by atomic mass is 19.4. The molecule has 0 radical (unpaired) electrons. The third kappa shape index (κ3) is 6.33. The van der Waals surface area contributed by atoms with Gasteiger partial charge in [0.2, 0.25) is 0 Å². The predicted octanol–water partition coefficient (Wildman–Crippen LogP) is 5.11. The lowest BCUT2D eigenvalue weighted by Crippen LogP contribution is -2.16. The number of aromatic nitrogens is 1. The summed E-state index contributed by atoms with van der Waals surface area (Å²) in [6.45, 7) is 2.17. The van der Waals surface area contributed by atoms with Crippen LogP contribution in [0.4, 0.5) is 13.2 Å². The summed E-state index contributed by atoms with van der Waals surface area (Å²) in [5, 5.41) is 0. The molecule has 0 fully saturated rings. The zero-order chi connectivity index (χ0) is 17.4. The molecule has 126 valence electrons. The van der Waals surface area contributed by atoms with E-state index in [1.54, 1.807) is 0 Å². The van der Waals surface area contributed by atoms with E-state index < -0.39 is 6.36 Å². The van der Waals surface area contributed by atoms with Gasteiger partial charge in [-0.2, -0.15) is 0 Å². The Balaban J connectivity index is 1.96. The van der Waals surface area contributed by atoms with Crippen molar-refractivity contribution in [1.82, 2.24) is 4.98 Å². The quantitative estimate of drug-likeness (QED) is 0.560. The van der Waals surface area contributed by atoms with Crippen LogP contribution in [0.3, 0.4) is 0 Å². The van der Waals surface area contributed by atoms with E-state index in [9.17, 15) is 13.2 Å². The highest BCUT2D eigenvalue weighted by molar-refractivity contribution is 5.42. The summed E-state index contributed by atoms with van der Waals surface area (Å²) in [6, 6.07) is 9.30. The molecule has 1 aromatic heterocycles. The van der Waals surface area contributed by atoms with Crippen LogP contribution in [0.1, 0.15) is 43.0 Å². The van der Waals surface area contributed by atoms with Gasteiger partial charge in [-0.15, -0.1) is 13.2 Å². The van der Waals surface area contributed by atoms with Crippen LogP contribution >= 0.6 is 0 Å². The number of benzene rings is 1. The van der Waals surface area contributed by atoms with Crippen molar-refractivity contribution in [3.8, 4) is 17.6 Å². The molecule has 0 saturated heterocycles. The summed E-state index contributed by atoms with van der Waals surface area (Å²) < 4.78 is 40.1. The Bertz CT molecular complexity index is 695. The first-order valence-electron chi connectivity index (χ1n) is 7.79. The number of pyridine rings is 1. The molecule has 0 bridgehead atoms. The fourth-order valence-corrected chi connectivity index (χ4v) is 2.10. The van der Waals surface area contributed by atoms with E-state index in [1.165, 1.54) is 42.7 Å². The smallest absolute Gasteiger partial charge is 0.406 e. The van der Waals surface area contributed by atoms with Gasteiger partial charge < -0.3 is 4.74 Å². The molecule has 5 heteroatoms. The van der Waals surface area contributed by atoms with Crippen LogP contribution in [-0.2, 0) is 6.42 Å². The number of hydrogen-bond acceptors (Lipinski definition) is 2. The summed E-state index contributed by atoms with van der Waals surface area (Å²) in [4.78, 5) is 4.29. The minimum Gasteiger partial charge on any atom is -0.406 e. The van der Waals surface area contributed by atoms with Crippen molar-refractivity contribution in [2.24, 2.45) is 0 Å². The molecule has 0 N–H and O–H groups in total. The fourth-order valence-electron chi connectivity index (χ4n) is 2.10. The minimum atomic E-state index is -4.68. The number of rotatable bonds is 5. The van der Waals surface area contributed by atoms with E-state index in [4.69, 9.17) is 0 Å². The Morgan fingerprint density at radius 2 is 1.75 bits per heavy atom. The second-order valence-corrected chi connectivity index (χ2v) is 5.33. The predicted molar refractivity (Wildman–Crippen MR) is 86.6 cm³/mol. The van der Waals surface area contributed by atoms with Crippen molar-refractivity contribution in [1.29, 1.82) is 0 Å². The zero-order valence-corrected chi connectivity index (χ0v) is 13.4. The van der Waals surface area contributed by atoms with Crippen LogP contribution in [0.25, 0.3) is 0 Å². The highest BCUT2D eigenvalue weighted by Gasteiger charge is 2.30. The molecule has 2 aromatic rings. The molecule has 2 rings (SSSR count). The summed E-state index contributed by atoms with van der Waals surface area (Å²) in [5.41, 5.74) is 2.41. The zero-order valence-electron chi connectivity index (χ0n) is 13.4. The molecule has 0 aliphatic heterocycles. The standard InChI is InChI=1S/C19H18F3NO/c1-2-3-4-5-16-7-11-17(23-14-16)10-6-15-8-12-18(13-9-15)24-19(20,21)22/h7-9,11-14H,2-5H2,1H3. The first-order chi connectivity index (χ1) is 11.5. The lowest BCUT2D eigenvalue weighted by Gasteiger charge is -2.07. The van der Waals surface area contributed by atoms with Gasteiger partial charge in [0.25, 0.3) is 0 Å². The molecule has 0 unspecified atom stereocenters. The monoisotopic (exact) mass is 333 g/mol. The Kier molecular flexibility index (Phi) is 6.25. The number of ether oxygens (including phenoxy) is 1. The van der Waals surface area contributed by atoms with Gasteiger partial charge >= 0.3 is 6.36 Å². The van der Waals surface area contributed by atoms with Gasteiger partial charge in [-0.1, -0.05) is 31.8 Å². The van der Waals surface area contributed by atoms with Crippen molar-refractivity contribution in [2.45, 2.75) is 39.0 Å². The maximum atomic E-state index is 12.1. The third-order valence-electron chi connectivity index (χ3n) is 3.32. The molecule has 0 atom stereocenters. The minimum absolute atomic E-state index is 0.261. The van der Waals surface area contributed by atoms with E-state index >= 15 is 0 Å². The molecule has 1 aromatic carbocycles. The van der Waals surface area contributed by atoms with Crippen LogP contribution in [0, 0.1) is 11.8 Å². The van der Waals surface area contributed by atoms with Crippen LogP contribution in [0.2, 0.25) is 0 Å². The molecule has 0 saturated carbocycles. The SMILES string of the molecule is CCCCCc1ccc(C#Cc2ccc(OC(F)(F)F)cc2)nc1. The van der Waals surface area contributed by atoms with Crippen molar-refractivity contribution in [3.05, 3.63) is 59.4 Å². The van der Waals surface area contributed by atoms with Crippen molar-refractivity contribution in [3.63, 3.8) is 0 Å². The second kappa shape index (κ2) is 8.39. The first-order valence-corrected chi connectivity index (χ1v) is 7.79. The Labute approximate surface area is 139 Å². The first kappa shape index (κ1) is 17.9. The second-order valence-electron chi connectivity index (χ2n) is 5.33. The van der Waals surface area contributed by atoms with E-state index in [1.807, 2.05) is 18.3 Å². The lowest BCUT2D eigenvalue weighted by atomic mass is 10.1. The van der Waals surface area contributed by atoms with Crippen LogP contribution in [0.15, 0.2) is 42.6 Å². The Morgan fingerprint density at radius 3 is 2.33 bits per heavy atom. The van der Waals surface area contributed by atoms with E-state index in [0.717, 1.165) is 12.8 Å². The lowest BCUT2D eigenvalue weighted by molar-refractivity contribution is -0.274. The molecule has 1 heterocycles. The van der Waals surface area contributed by atoms with Gasteiger partial charge in [0.1, 0.15) is 11.4 Å². The van der Waals surface area contributed by atoms with Gasteiger partial charge in [0.05, 0.1) is 0 Å². The molecule has 0 spiro atoms. The van der Waals surface area contributed by atoms with Gasteiger partial charge in [0, 0.05) is 11.8 Å². The van der Waals surface area contributed by atoms with Crippen molar-refractivity contribution < 1.29 is 17.9 Å². The summed E-state index contributed by atoms with van der Waals surface area (Å²) in [6.07, 6.45) is 1.68. The maximum absolute atomic E-state index is 12.1. The van der Waals surface area contributed by atoms with E-state index in [2.05, 4.69) is 28.5 Å². The molecule has 0 amide bonds. The number of alkyl halides is 3. The summed E-state index contributed by atoms with van der Waals surface area (Å²) in [7, 11) is 0. The number of hydrogen-bond donors (Lipinski definition) is 0. The fraction of sp³-hybridized carbons (Fsp3) is 0.316. The van der Waals surface area contributed by atoms with Crippen molar-refractivity contribution in [2.75, 3.05) is 0 Å². The Hall–Kier alpha value is -2.48. The molecular weight excluding hydrogens is 315 g/mol. The Morgan fingerprint density at radius 1 is 1.00 bits per heavy atom. The van der Waals surface area contributed by atoms with Gasteiger partial charge in [-0.25, -0.2) is 4.98 Å². The summed E-state index contributed by atoms with van der Waals surface area (Å²) >= 11 is 0. The highest BCUT2D eigenvalue weighted by Crippen LogP contribution is 2.22. The van der Waals surface area contributed by atoms with Crippen LogP contribution < -0.4 is 4.74 Å². The largest absolute Gasteiger partial charge is 0.573 e. The topological polar surface area (TPSA) is 22.1 Å². The molecule has 24 heavy (non-hydrogen) atoms. The van der Waals surface area contributed by atoms with E-state index in [-0.39, 0.29) is 5.75 Å². The van der Waals surface area contributed by atoms with E-state index in [0.29, 0.717) is 11.3 Å². The third-order valence-corrected chi connectivity index (χ3v) is 3.32. The maximum Gasteiger partial charge on any atom is 0.573 e.